The number of nitrogens with two attached hydrogens (primary N) is 3. The molecular weight excluding hydrogens is 592 g/mol. The van der Waals surface area contributed by atoms with E-state index in [1.54, 1.807) is 12.1 Å². The predicted molar refractivity (Wildman–Crippen MR) is 184 cm³/mol. The number of anilines is 1. The maximum atomic E-state index is 13.7. The molecule has 2 amide bonds. The summed E-state index contributed by atoms with van der Waals surface area (Å²) in [6, 6.07) is 31.9. The molecule has 0 bridgehead atoms. The third-order valence-electron chi connectivity index (χ3n) is 8.27. The van der Waals surface area contributed by atoms with E-state index >= 15 is 0 Å². The van der Waals surface area contributed by atoms with Crippen LogP contribution in [0, 0.1) is 0 Å². The van der Waals surface area contributed by atoms with Crippen LogP contribution in [-0.4, -0.2) is 64.9 Å². The van der Waals surface area contributed by atoms with Crippen LogP contribution < -0.4 is 26.8 Å². The van der Waals surface area contributed by atoms with Gasteiger partial charge in [-0.3, -0.25) is 14.6 Å². The van der Waals surface area contributed by atoms with Crippen molar-refractivity contribution < 1.29 is 14.3 Å². The van der Waals surface area contributed by atoms with Crippen molar-refractivity contribution in [2.75, 3.05) is 37.6 Å². The molecule has 0 radical (unpaired) electrons. The molecule has 5 aromatic rings. The van der Waals surface area contributed by atoms with Gasteiger partial charge in [0.2, 0.25) is 5.91 Å². The molecular formula is C36H38N8O3. The number of hydrogen-bond acceptors (Lipinski definition) is 6. The molecule has 1 atom stereocenters. The minimum atomic E-state index is -0.740. The maximum Gasteiger partial charge on any atom is 0.254 e. The quantitative estimate of drug-likeness (QED) is 0.110. The van der Waals surface area contributed by atoms with Gasteiger partial charge in [-0.2, -0.15) is 0 Å². The molecule has 1 fully saturated rings. The Morgan fingerprint density at radius 1 is 0.809 bits per heavy atom. The van der Waals surface area contributed by atoms with E-state index in [4.69, 9.17) is 26.9 Å². The van der Waals surface area contributed by atoms with Gasteiger partial charge in [0, 0.05) is 49.5 Å². The van der Waals surface area contributed by atoms with Crippen LogP contribution in [0.2, 0.25) is 0 Å². The van der Waals surface area contributed by atoms with E-state index in [2.05, 4.69) is 22.0 Å². The van der Waals surface area contributed by atoms with E-state index < -0.39 is 11.9 Å². The van der Waals surface area contributed by atoms with E-state index in [1.807, 2.05) is 88.3 Å². The fraction of sp³-hybridized carbons (Fsp3) is 0.222. The number of para-hydroxylation sites is 2. The molecule has 11 heteroatoms. The highest BCUT2D eigenvalue weighted by Crippen LogP contribution is 2.34. The fourth-order valence-corrected chi connectivity index (χ4v) is 5.95. The van der Waals surface area contributed by atoms with Crippen molar-refractivity contribution in [2.24, 2.45) is 22.2 Å². The molecule has 0 aliphatic carbocycles. The number of aliphatic imine (C=N–C) groups is 1. The maximum absolute atomic E-state index is 13.7. The van der Waals surface area contributed by atoms with Gasteiger partial charge >= 0.3 is 0 Å². The Morgan fingerprint density at radius 2 is 1.51 bits per heavy atom. The number of piperazine rings is 1. The van der Waals surface area contributed by atoms with Crippen molar-refractivity contribution in [3.8, 4) is 22.9 Å². The number of aromatic nitrogens is 2. The van der Waals surface area contributed by atoms with Crippen molar-refractivity contribution in [3.63, 3.8) is 0 Å². The number of nitrogens with zero attached hydrogens (tertiary/aromatic N) is 5. The molecule has 4 aromatic carbocycles. The zero-order chi connectivity index (χ0) is 32.8. The lowest BCUT2D eigenvalue weighted by molar-refractivity contribution is -0.121. The molecule has 1 saturated heterocycles. The highest BCUT2D eigenvalue weighted by atomic mass is 16.5. The Balaban J connectivity index is 1.33. The molecule has 1 aliphatic rings. The number of fused-ring (bicyclic) bond motifs is 1. The normalized spacial score (nSPS) is 13.7. The molecule has 1 aromatic heterocycles. The van der Waals surface area contributed by atoms with Crippen molar-refractivity contribution in [2.45, 2.75) is 18.9 Å². The van der Waals surface area contributed by atoms with Crippen LogP contribution in [0.4, 0.5) is 5.69 Å². The number of rotatable bonds is 11. The minimum Gasteiger partial charge on any atom is -0.457 e. The Kier molecular flexibility index (Phi) is 9.33. The Labute approximate surface area is 273 Å². The average molecular weight is 631 g/mol. The van der Waals surface area contributed by atoms with Gasteiger partial charge in [0.15, 0.2) is 5.96 Å². The number of benzene rings is 4. The number of primary amides is 1. The largest absolute Gasteiger partial charge is 0.457 e. The molecule has 240 valence electrons. The van der Waals surface area contributed by atoms with Gasteiger partial charge in [0.25, 0.3) is 5.91 Å². The lowest BCUT2D eigenvalue weighted by atomic mass is 10.1. The highest BCUT2D eigenvalue weighted by Gasteiger charge is 2.27. The summed E-state index contributed by atoms with van der Waals surface area (Å²) in [5.41, 5.74) is 20.7. The topological polar surface area (TPSA) is 158 Å². The van der Waals surface area contributed by atoms with Crippen LogP contribution in [0.25, 0.3) is 22.4 Å². The lowest BCUT2D eigenvalue weighted by Gasteiger charge is -2.36. The molecule has 11 nitrogen and oxygen atoms in total. The van der Waals surface area contributed by atoms with Crippen molar-refractivity contribution in [1.82, 2.24) is 14.5 Å². The average Bonchev–Trinajstić information content (AvgIpc) is 3.47. The van der Waals surface area contributed by atoms with Gasteiger partial charge in [-0.05, 0) is 67.4 Å². The molecule has 0 saturated carbocycles. The number of imidazole rings is 1. The standard InChI is InChI=1S/C36H38N8O3/c37-33(45)32(15-8-18-40-36(38)39)44-31-17-16-26(35(46)43-21-19-42(20-22-43)27-10-3-1-4-11-27)24-30(31)41-34(44)25-9-7-14-29(23-25)47-28-12-5-2-6-13-28/h1-7,9-14,16-17,23-24,32H,8,15,18-22H2,(H2,37,45)(H4,38,39,40)/t32-/m0/s1. The number of guanidine groups is 1. The molecule has 0 spiro atoms. The number of amides is 2. The van der Waals surface area contributed by atoms with E-state index in [0.29, 0.717) is 66.4 Å². The van der Waals surface area contributed by atoms with Crippen LogP contribution >= 0.6 is 0 Å². The van der Waals surface area contributed by atoms with Crippen LogP contribution in [0.5, 0.6) is 11.5 Å². The third kappa shape index (κ3) is 7.19. The van der Waals surface area contributed by atoms with E-state index in [9.17, 15) is 9.59 Å². The first-order valence-electron chi connectivity index (χ1n) is 15.7. The van der Waals surface area contributed by atoms with Gasteiger partial charge < -0.3 is 36.3 Å². The van der Waals surface area contributed by atoms with Crippen LogP contribution in [0.1, 0.15) is 29.2 Å². The first-order valence-corrected chi connectivity index (χ1v) is 15.7. The summed E-state index contributed by atoms with van der Waals surface area (Å²) >= 11 is 0. The summed E-state index contributed by atoms with van der Waals surface area (Å²) in [5, 5.41) is 0. The van der Waals surface area contributed by atoms with Crippen LogP contribution in [0.3, 0.4) is 0 Å². The SMILES string of the molecule is NC(=O)[C@H](CCCN=C(N)N)n1c(-c2cccc(Oc3ccccc3)c2)nc2cc(C(=O)N3CCN(c4ccccc4)CC3)ccc21. The van der Waals surface area contributed by atoms with Gasteiger partial charge in [-0.25, -0.2) is 4.98 Å². The molecule has 2 heterocycles. The van der Waals surface area contributed by atoms with Gasteiger partial charge in [0.1, 0.15) is 23.4 Å². The number of carbonyl (C=O) groups excluding carboxylic acids is 2. The smallest absolute Gasteiger partial charge is 0.254 e. The monoisotopic (exact) mass is 630 g/mol. The summed E-state index contributed by atoms with van der Waals surface area (Å²) in [4.78, 5) is 39.9. The Hall–Kier alpha value is -5.84. The zero-order valence-electron chi connectivity index (χ0n) is 26.0. The summed E-state index contributed by atoms with van der Waals surface area (Å²) in [5.74, 6) is 1.26. The van der Waals surface area contributed by atoms with E-state index in [0.717, 1.165) is 24.3 Å². The zero-order valence-corrected chi connectivity index (χ0v) is 26.0. The fourth-order valence-electron chi connectivity index (χ4n) is 5.95. The lowest BCUT2D eigenvalue weighted by Crippen LogP contribution is -2.48. The van der Waals surface area contributed by atoms with Crippen molar-refractivity contribution in [1.29, 1.82) is 0 Å². The third-order valence-corrected chi connectivity index (χ3v) is 8.27. The highest BCUT2D eigenvalue weighted by molar-refractivity contribution is 5.98. The number of ether oxygens (including phenoxy) is 1. The molecule has 0 unspecified atom stereocenters. The summed E-state index contributed by atoms with van der Waals surface area (Å²) in [7, 11) is 0. The van der Waals surface area contributed by atoms with E-state index in [-0.39, 0.29) is 11.9 Å². The Morgan fingerprint density at radius 3 is 2.21 bits per heavy atom. The summed E-state index contributed by atoms with van der Waals surface area (Å²) in [6.45, 7) is 3.07. The van der Waals surface area contributed by atoms with Crippen LogP contribution in [0.15, 0.2) is 108 Å². The van der Waals surface area contributed by atoms with Gasteiger partial charge in [-0.15, -0.1) is 0 Å². The summed E-state index contributed by atoms with van der Waals surface area (Å²) < 4.78 is 7.95. The summed E-state index contributed by atoms with van der Waals surface area (Å²) in [6.07, 6.45) is 0.907. The first-order chi connectivity index (χ1) is 22.9. The number of carbonyl (C=O) groups is 2. The first kappa shape index (κ1) is 31.2. The van der Waals surface area contributed by atoms with E-state index in [1.165, 1.54) is 0 Å². The minimum absolute atomic E-state index is 0.0108. The molecule has 47 heavy (non-hydrogen) atoms. The second-order valence-electron chi connectivity index (χ2n) is 11.4. The van der Waals surface area contributed by atoms with Gasteiger partial charge in [0.05, 0.1) is 11.0 Å². The molecule has 6 rings (SSSR count). The van der Waals surface area contributed by atoms with Crippen LogP contribution in [-0.2, 0) is 4.79 Å². The van der Waals surface area contributed by atoms with Crippen molar-refractivity contribution >= 4 is 34.5 Å². The van der Waals surface area contributed by atoms with Crippen molar-refractivity contribution in [3.05, 3.63) is 109 Å². The second-order valence-corrected chi connectivity index (χ2v) is 11.4. The Bertz CT molecular complexity index is 1880. The molecule has 1 aliphatic heterocycles. The van der Waals surface area contributed by atoms with Gasteiger partial charge in [-0.1, -0.05) is 48.5 Å². The predicted octanol–water partition coefficient (Wildman–Crippen LogP) is 4.54. The second kappa shape index (κ2) is 14.1. The number of hydrogen-bond donors (Lipinski definition) is 3. The molecule has 6 N–H and O–H groups in total.